The van der Waals surface area contributed by atoms with E-state index in [9.17, 15) is 4.79 Å². The molecular formula is C8H16N2O2. The zero-order valence-electron chi connectivity index (χ0n) is 7.58. The quantitative estimate of drug-likeness (QED) is 0.574. The minimum atomic E-state index is -0.910. The Labute approximate surface area is 72.3 Å². The number of likely N-dealkylation sites (tertiary alicyclic amines) is 1. The van der Waals surface area contributed by atoms with E-state index in [4.69, 9.17) is 10.8 Å². The summed E-state index contributed by atoms with van der Waals surface area (Å²) < 4.78 is 0. The number of nitrogens with zero attached hydrogens (tertiary/aromatic N) is 1. The van der Waals surface area contributed by atoms with Crippen molar-refractivity contribution in [1.29, 1.82) is 0 Å². The van der Waals surface area contributed by atoms with E-state index in [-0.39, 0.29) is 0 Å². The number of carbonyl (C=O) groups is 1. The van der Waals surface area contributed by atoms with Crippen molar-refractivity contribution in [3.05, 3.63) is 0 Å². The normalized spacial score (nSPS) is 36.6. The average molecular weight is 172 g/mol. The van der Waals surface area contributed by atoms with Gasteiger partial charge in [-0.25, -0.2) is 4.79 Å². The molecule has 1 aliphatic rings. The van der Waals surface area contributed by atoms with Crippen LogP contribution in [0.5, 0.6) is 0 Å². The lowest BCUT2D eigenvalue weighted by molar-refractivity contribution is 0.0440. The van der Waals surface area contributed by atoms with Gasteiger partial charge < -0.3 is 10.8 Å². The molecule has 3 N–H and O–H groups in total. The number of amides is 1. The summed E-state index contributed by atoms with van der Waals surface area (Å²) in [6.07, 6.45) is 0.755. The maximum atomic E-state index is 10.7. The molecule has 70 valence electrons. The van der Waals surface area contributed by atoms with Crippen molar-refractivity contribution in [2.24, 2.45) is 11.7 Å². The lowest BCUT2D eigenvalue weighted by Crippen LogP contribution is -2.59. The van der Waals surface area contributed by atoms with Crippen LogP contribution in [0.15, 0.2) is 0 Å². The molecule has 0 spiro atoms. The first-order valence-electron chi connectivity index (χ1n) is 4.23. The zero-order chi connectivity index (χ0) is 9.35. The van der Waals surface area contributed by atoms with Gasteiger partial charge in [-0.1, -0.05) is 6.92 Å². The molecule has 12 heavy (non-hydrogen) atoms. The van der Waals surface area contributed by atoms with Crippen LogP contribution >= 0.6 is 0 Å². The highest BCUT2D eigenvalue weighted by atomic mass is 16.4. The van der Waals surface area contributed by atoms with Crippen LogP contribution in [0.4, 0.5) is 4.79 Å². The fraction of sp³-hybridized carbons (Fsp3) is 0.875. The van der Waals surface area contributed by atoms with Crippen molar-refractivity contribution in [1.82, 2.24) is 4.90 Å². The molecule has 0 saturated carbocycles. The Hall–Kier alpha value is -0.770. The number of rotatable bonds is 0. The third-order valence-corrected chi connectivity index (χ3v) is 2.45. The van der Waals surface area contributed by atoms with E-state index in [0.29, 0.717) is 12.5 Å². The van der Waals surface area contributed by atoms with Crippen LogP contribution < -0.4 is 5.73 Å². The molecule has 1 fully saturated rings. The first kappa shape index (κ1) is 9.32. The van der Waals surface area contributed by atoms with Crippen molar-refractivity contribution in [3.63, 3.8) is 0 Å². The molecule has 0 bridgehead atoms. The van der Waals surface area contributed by atoms with Crippen molar-refractivity contribution >= 4 is 6.09 Å². The van der Waals surface area contributed by atoms with Gasteiger partial charge in [-0.3, -0.25) is 4.90 Å². The SMILES string of the molecule is CC1CCN(C(=O)O)C(C)(N)C1. The molecule has 1 rings (SSSR count). The molecule has 2 atom stereocenters. The van der Waals surface area contributed by atoms with Gasteiger partial charge in [-0.05, 0) is 25.7 Å². The van der Waals surface area contributed by atoms with E-state index in [1.54, 1.807) is 6.92 Å². The molecule has 1 aliphatic heterocycles. The lowest BCUT2D eigenvalue weighted by Gasteiger charge is -2.42. The molecule has 1 amide bonds. The summed E-state index contributed by atoms with van der Waals surface area (Å²) in [6.45, 7) is 4.44. The zero-order valence-corrected chi connectivity index (χ0v) is 7.58. The van der Waals surface area contributed by atoms with E-state index in [2.05, 4.69) is 6.92 Å². The van der Waals surface area contributed by atoms with Gasteiger partial charge in [0.1, 0.15) is 0 Å². The molecule has 0 radical (unpaired) electrons. The highest BCUT2D eigenvalue weighted by molar-refractivity contribution is 5.66. The second-order valence-electron chi connectivity index (χ2n) is 3.89. The minimum Gasteiger partial charge on any atom is -0.465 e. The van der Waals surface area contributed by atoms with Gasteiger partial charge in [0.2, 0.25) is 0 Å². The highest BCUT2D eigenvalue weighted by Crippen LogP contribution is 2.27. The van der Waals surface area contributed by atoms with Gasteiger partial charge in [0, 0.05) is 6.54 Å². The minimum absolute atomic E-state index is 0.524. The Bertz CT molecular complexity index is 191. The van der Waals surface area contributed by atoms with Crippen LogP contribution in [0.2, 0.25) is 0 Å². The predicted octanol–water partition coefficient (Wildman–Crippen LogP) is 1.07. The third-order valence-electron chi connectivity index (χ3n) is 2.45. The van der Waals surface area contributed by atoms with Crippen LogP contribution in [0, 0.1) is 5.92 Å². The fourth-order valence-corrected chi connectivity index (χ4v) is 1.84. The number of nitrogens with two attached hydrogens (primary N) is 1. The van der Waals surface area contributed by atoms with Crippen LogP contribution in [-0.4, -0.2) is 28.3 Å². The molecular weight excluding hydrogens is 156 g/mol. The standard InChI is InChI=1S/C8H16N2O2/c1-6-3-4-10(7(11)12)8(2,9)5-6/h6H,3-5,9H2,1-2H3,(H,11,12). The molecule has 0 aromatic rings. The van der Waals surface area contributed by atoms with Crippen molar-refractivity contribution in [2.45, 2.75) is 32.4 Å². The monoisotopic (exact) mass is 172 g/mol. The first-order valence-corrected chi connectivity index (χ1v) is 4.23. The fourth-order valence-electron chi connectivity index (χ4n) is 1.84. The molecule has 0 aromatic carbocycles. The van der Waals surface area contributed by atoms with Crippen LogP contribution in [-0.2, 0) is 0 Å². The van der Waals surface area contributed by atoms with Crippen LogP contribution in [0.1, 0.15) is 26.7 Å². The molecule has 2 unspecified atom stereocenters. The summed E-state index contributed by atoms with van der Waals surface area (Å²) in [5.74, 6) is 0.524. The van der Waals surface area contributed by atoms with Crippen molar-refractivity contribution in [2.75, 3.05) is 6.54 Å². The van der Waals surface area contributed by atoms with Crippen molar-refractivity contribution in [3.8, 4) is 0 Å². The number of carboxylic acid groups (broad SMARTS) is 1. The largest absolute Gasteiger partial charge is 0.465 e. The van der Waals surface area contributed by atoms with Crippen LogP contribution in [0.3, 0.4) is 0 Å². The highest BCUT2D eigenvalue weighted by Gasteiger charge is 2.36. The summed E-state index contributed by atoms with van der Waals surface area (Å²) >= 11 is 0. The maximum absolute atomic E-state index is 10.7. The van der Waals surface area contributed by atoms with Gasteiger partial charge in [0.15, 0.2) is 0 Å². The third kappa shape index (κ3) is 1.69. The Kier molecular flexibility index (Phi) is 2.28. The van der Waals surface area contributed by atoms with E-state index < -0.39 is 11.8 Å². The number of piperidine rings is 1. The molecule has 0 aliphatic carbocycles. The Morgan fingerprint density at radius 3 is 2.75 bits per heavy atom. The summed E-state index contributed by atoms with van der Waals surface area (Å²) in [6, 6.07) is 0. The van der Waals surface area contributed by atoms with Gasteiger partial charge in [0.25, 0.3) is 0 Å². The summed E-state index contributed by atoms with van der Waals surface area (Å²) in [4.78, 5) is 12.0. The Morgan fingerprint density at radius 2 is 2.33 bits per heavy atom. The lowest BCUT2D eigenvalue weighted by atomic mass is 9.89. The smallest absolute Gasteiger partial charge is 0.408 e. The molecule has 4 nitrogen and oxygen atoms in total. The summed E-state index contributed by atoms with van der Waals surface area (Å²) in [5.41, 5.74) is 5.18. The van der Waals surface area contributed by atoms with Crippen LogP contribution in [0.25, 0.3) is 0 Å². The van der Waals surface area contributed by atoms with E-state index in [1.165, 1.54) is 4.90 Å². The number of hydrogen-bond acceptors (Lipinski definition) is 2. The van der Waals surface area contributed by atoms with Gasteiger partial charge in [0.05, 0.1) is 5.66 Å². The summed E-state index contributed by atoms with van der Waals surface area (Å²) in [7, 11) is 0. The van der Waals surface area contributed by atoms with E-state index in [0.717, 1.165) is 12.8 Å². The van der Waals surface area contributed by atoms with Gasteiger partial charge >= 0.3 is 6.09 Å². The maximum Gasteiger partial charge on any atom is 0.408 e. The number of hydrogen-bond donors (Lipinski definition) is 2. The summed E-state index contributed by atoms with van der Waals surface area (Å²) in [5, 5.41) is 8.81. The molecule has 1 heterocycles. The molecule has 1 saturated heterocycles. The van der Waals surface area contributed by atoms with Crippen molar-refractivity contribution < 1.29 is 9.90 Å². The Balaban J connectivity index is 2.70. The second kappa shape index (κ2) is 2.94. The molecule has 4 heteroatoms. The second-order valence-corrected chi connectivity index (χ2v) is 3.89. The van der Waals surface area contributed by atoms with E-state index >= 15 is 0 Å². The van der Waals surface area contributed by atoms with Gasteiger partial charge in [-0.2, -0.15) is 0 Å². The molecule has 0 aromatic heterocycles. The van der Waals surface area contributed by atoms with E-state index in [1.807, 2.05) is 0 Å². The Morgan fingerprint density at radius 1 is 1.75 bits per heavy atom. The van der Waals surface area contributed by atoms with Gasteiger partial charge in [-0.15, -0.1) is 0 Å². The predicted molar refractivity (Wildman–Crippen MR) is 45.7 cm³/mol. The average Bonchev–Trinajstić information content (AvgIpc) is 1.82. The topological polar surface area (TPSA) is 66.6 Å². The first-order chi connectivity index (χ1) is 5.43.